The second kappa shape index (κ2) is 12.4. The Morgan fingerprint density at radius 1 is 1.08 bits per heavy atom. The van der Waals surface area contributed by atoms with Crippen molar-refractivity contribution in [3.05, 3.63) is 58.5 Å². The van der Waals surface area contributed by atoms with E-state index in [0.717, 1.165) is 58.2 Å². The zero-order valence-electron chi connectivity index (χ0n) is 22.5. The van der Waals surface area contributed by atoms with Crippen molar-refractivity contribution in [1.82, 2.24) is 25.1 Å². The first-order chi connectivity index (χ1) is 17.7. The standard InChI is InChI=1S/C28H37FN6O2.CH4/c1-6-7-8-11-30-27(36)17-34(26-14-25-24(12-19(26)2)20(3)32(4)31-25)18-28(37)33(5)35-15-21-9-10-23(29)13-22(21)16-35;/h9-10,12-14H,6-8,11,15-18H2,1-5H3,(H,30,36);1H4. The van der Waals surface area contributed by atoms with Crippen LogP contribution < -0.4 is 10.2 Å². The number of hydrogen-bond acceptors (Lipinski definition) is 5. The summed E-state index contributed by atoms with van der Waals surface area (Å²) in [5.74, 6) is -0.544. The highest BCUT2D eigenvalue weighted by Gasteiger charge is 2.27. The number of rotatable bonds is 10. The van der Waals surface area contributed by atoms with Crippen LogP contribution in [-0.4, -0.2) is 58.3 Å². The van der Waals surface area contributed by atoms with Crippen LogP contribution in [0.5, 0.6) is 0 Å². The Kier molecular flexibility index (Phi) is 9.49. The molecule has 4 rings (SSSR count). The van der Waals surface area contributed by atoms with Gasteiger partial charge in [-0.05, 0) is 61.2 Å². The molecule has 0 atom stereocenters. The van der Waals surface area contributed by atoms with Gasteiger partial charge < -0.3 is 10.2 Å². The maximum absolute atomic E-state index is 13.7. The van der Waals surface area contributed by atoms with E-state index in [4.69, 9.17) is 0 Å². The number of hydrazine groups is 1. The molecule has 8 nitrogen and oxygen atoms in total. The van der Waals surface area contributed by atoms with Crippen LogP contribution in [0.15, 0.2) is 30.3 Å². The average molecular weight is 525 g/mol. The van der Waals surface area contributed by atoms with Crippen molar-refractivity contribution in [3.8, 4) is 0 Å². The van der Waals surface area contributed by atoms with Gasteiger partial charge in [0.2, 0.25) is 5.91 Å². The van der Waals surface area contributed by atoms with Crippen LogP contribution in [0.3, 0.4) is 0 Å². The number of nitrogens with one attached hydrogen (secondary N) is 1. The van der Waals surface area contributed by atoms with Crippen molar-refractivity contribution in [3.63, 3.8) is 0 Å². The molecule has 1 N–H and O–H groups in total. The average Bonchev–Trinajstić information content (AvgIpc) is 3.40. The topological polar surface area (TPSA) is 73.7 Å². The van der Waals surface area contributed by atoms with Gasteiger partial charge in [0.1, 0.15) is 5.82 Å². The molecule has 0 saturated carbocycles. The zero-order valence-corrected chi connectivity index (χ0v) is 22.5. The molecule has 0 aliphatic carbocycles. The Morgan fingerprint density at radius 3 is 2.55 bits per heavy atom. The molecule has 1 aliphatic heterocycles. The Hall–Kier alpha value is -3.46. The van der Waals surface area contributed by atoms with Crippen molar-refractivity contribution in [2.24, 2.45) is 7.05 Å². The van der Waals surface area contributed by atoms with E-state index in [1.165, 1.54) is 12.1 Å². The second-order valence-corrected chi connectivity index (χ2v) is 9.93. The summed E-state index contributed by atoms with van der Waals surface area (Å²) in [4.78, 5) is 28.2. The van der Waals surface area contributed by atoms with E-state index >= 15 is 0 Å². The number of nitrogens with zero attached hydrogens (tertiary/aromatic N) is 5. The van der Waals surface area contributed by atoms with Crippen LogP contribution in [0.2, 0.25) is 0 Å². The highest BCUT2D eigenvalue weighted by atomic mass is 19.1. The summed E-state index contributed by atoms with van der Waals surface area (Å²) < 4.78 is 15.5. The van der Waals surface area contributed by atoms with Gasteiger partial charge in [0.05, 0.1) is 18.6 Å². The summed E-state index contributed by atoms with van der Waals surface area (Å²) in [6.45, 7) is 7.85. The molecule has 2 amide bonds. The lowest BCUT2D eigenvalue weighted by atomic mass is 10.1. The minimum absolute atomic E-state index is 0. The van der Waals surface area contributed by atoms with Crippen LogP contribution in [0.4, 0.5) is 10.1 Å². The lowest BCUT2D eigenvalue weighted by Gasteiger charge is -2.32. The predicted octanol–water partition coefficient (Wildman–Crippen LogP) is 4.47. The van der Waals surface area contributed by atoms with Gasteiger partial charge in [-0.1, -0.05) is 33.3 Å². The van der Waals surface area contributed by atoms with Crippen LogP contribution in [0.25, 0.3) is 10.9 Å². The molecule has 206 valence electrons. The number of unbranched alkanes of at least 4 members (excludes halogenated alkanes) is 2. The highest BCUT2D eigenvalue weighted by Crippen LogP contribution is 2.29. The smallest absolute Gasteiger partial charge is 0.256 e. The molecule has 0 fully saturated rings. The third kappa shape index (κ3) is 6.32. The number of carbonyl (C=O) groups is 2. The fourth-order valence-electron chi connectivity index (χ4n) is 4.85. The Morgan fingerprint density at radius 2 is 1.82 bits per heavy atom. The molecule has 0 radical (unpaired) electrons. The van der Waals surface area contributed by atoms with E-state index in [1.807, 2.05) is 41.6 Å². The largest absolute Gasteiger partial charge is 0.355 e. The minimum atomic E-state index is -0.277. The first-order valence-electron chi connectivity index (χ1n) is 12.9. The second-order valence-electron chi connectivity index (χ2n) is 9.93. The molecule has 0 saturated heterocycles. The van der Waals surface area contributed by atoms with Crippen molar-refractivity contribution in [2.45, 2.75) is 60.5 Å². The molecule has 1 aromatic heterocycles. The highest BCUT2D eigenvalue weighted by molar-refractivity contribution is 5.91. The summed E-state index contributed by atoms with van der Waals surface area (Å²) in [7, 11) is 3.63. The maximum Gasteiger partial charge on any atom is 0.256 e. The number of benzene rings is 2. The summed E-state index contributed by atoms with van der Waals surface area (Å²) in [5.41, 5.74) is 5.56. The summed E-state index contributed by atoms with van der Waals surface area (Å²) in [5, 5.41) is 12.1. The monoisotopic (exact) mass is 524 g/mol. The van der Waals surface area contributed by atoms with Crippen molar-refractivity contribution in [2.75, 3.05) is 31.6 Å². The molecule has 2 aromatic carbocycles. The van der Waals surface area contributed by atoms with Gasteiger partial charge in [-0.2, -0.15) is 5.10 Å². The Balaban J connectivity index is 0.00000400. The molecule has 9 heteroatoms. The lowest BCUT2D eigenvalue weighted by Crippen LogP contribution is -2.48. The number of aromatic nitrogens is 2. The summed E-state index contributed by atoms with van der Waals surface area (Å²) in [6, 6.07) is 8.77. The zero-order chi connectivity index (χ0) is 26.7. The van der Waals surface area contributed by atoms with Crippen LogP contribution >= 0.6 is 0 Å². The minimum Gasteiger partial charge on any atom is -0.355 e. The number of likely N-dealkylation sites (N-methyl/N-ethyl adjacent to an activating group) is 1. The molecule has 0 spiro atoms. The molecule has 1 aliphatic rings. The van der Waals surface area contributed by atoms with E-state index < -0.39 is 0 Å². The van der Waals surface area contributed by atoms with Gasteiger partial charge in [-0.25, -0.2) is 9.40 Å². The third-order valence-electron chi connectivity index (χ3n) is 7.21. The summed E-state index contributed by atoms with van der Waals surface area (Å²) in [6.07, 6.45) is 3.07. The molecule has 0 unspecified atom stereocenters. The quantitative estimate of drug-likeness (QED) is 0.396. The van der Waals surface area contributed by atoms with Gasteiger partial charge in [0.15, 0.2) is 0 Å². The normalized spacial score (nSPS) is 12.8. The van der Waals surface area contributed by atoms with Crippen molar-refractivity contribution in [1.29, 1.82) is 0 Å². The number of aryl methyl sites for hydroxylation is 3. The lowest BCUT2D eigenvalue weighted by molar-refractivity contribution is -0.145. The van der Waals surface area contributed by atoms with Gasteiger partial charge in [-0.15, -0.1) is 0 Å². The number of carbonyl (C=O) groups excluding carboxylic acids is 2. The van der Waals surface area contributed by atoms with Gasteiger partial charge in [-0.3, -0.25) is 19.3 Å². The molecule has 38 heavy (non-hydrogen) atoms. The van der Waals surface area contributed by atoms with E-state index in [1.54, 1.807) is 18.1 Å². The first-order valence-corrected chi connectivity index (χ1v) is 12.9. The third-order valence-corrected chi connectivity index (χ3v) is 7.21. The molecular formula is C29H41FN6O2. The number of amides is 2. The van der Waals surface area contributed by atoms with Gasteiger partial charge in [0, 0.05) is 50.5 Å². The van der Waals surface area contributed by atoms with E-state index in [9.17, 15) is 14.0 Å². The number of halogens is 1. The number of hydrogen-bond donors (Lipinski definition) is 1. The van der Waals surface area contributed by atoms with Crippen LogP contribution in [0, 0.1) is 19.7 Å². The van der Waals surface area contributed by atoms with Gasteiger partial charge >= 0.3 is 0 Å². The molecule has 3 aromatic rings. The molecular weight excluding hydrogens is 483 g/mol. The van der Waals surface area contributed by atoms with E-state index in [2.05, 4.69) is 23.4 Å². The molecule has 0 bridgehead atoms. The number of fused-ring (bicyclic) bond motifs is 2. The Bertz CT molecular complexity index is 1300. The fourth-order valence-corrected chi connectivity index (χ4v) is 4.85. The maximum atomic E-state index is 13.7. The van der Waals surface area contributed by atoms with E-state index in [-0.39, 0.29) is 38.1 Å². The van der Waals surface area contributed by atoms with Gasteiger partial charge in [0.25, 0.3) is 5.91 Å². The number of anilines is 1. The first kappa shape index (κ1) is 29.1. The van der Waals surface area contributed by atoms with Crippen molar-refractivity contribution >= 4 is 28.4 Å². The van der Waals surface area contributed by atoms with Crippen LogP contribution in [-0.2, 0) is 29.7 Å². The summed E-state index contributed by atoms with van der Waals surface area (Å²) >= 11 is 0. The molecule has 2 heterocycles. The SMILES string of the molecule is C.CCCCCNC(=O)CN(CC(=O)N(C)N1Cc2ccc(F)cc2C1)c1cc2nn(C)c(C)c2cc1C. The Labute approximate surface area is 225 Å². The van der Waals surface area contributed by atoms with Crippen LogP contribution in [0.1, 0.15) is 56.0 Å². The fraction of sp³-hybridized carbons (Fsp3) is 0.483. The van der Waals surface area contributed by atoms with E-state index in [0.29, 0.717) is 19.6 Å². The predicted molar refractivity (Wildman–Crippen MR) is 150 cm³/mol. The van der Waals surface area contributed by atoms with Crippen molar-refractivity contribution < 1.29 is 14.0 Å².